The maximum Gasteiger partial charge on any atom is 0.220 e. The molecule has 0 unspecified atom stereocenters. The predicted molar refractivity (Wildman–Crippen MR) is 67.9 cm³/mol. The Balaban J connectivity index is 1.97. The number of rotatable bonds is 7. The molecule has 0 atom stereocenters. The molecule has 1 rings (SSSR count). The molecule has 0 radical (unpaired) electrons. The van der Waals surface area contributed by atoms with Gasteiger partial charge in [-0.1, -0.05) is 0 Å². The van der Waals surface area contributed by atoms with E-state index in [1.807, 2.05) is 0 Å². The SMILES string of the molecule is CN1CCN(CCNC(=O)CCCCO)CC1. The fourth-order valence-corrected chi connectivity index (χ4v) is 1.91. The number of carbonyl (C=O) groups is 1. The first-order valence-electron chi connectivity index (χ1n) is 6.51. The molecule has 1 aliphatic heterocycles. The van der Waals surface area contributed by atoms with Gasteiger partial charge in [0, 0.05) is 52.3 Å². The van der Waals surface area contributed by atoms with Crippen LogP contribution in [0.2, 0.25) is 0 Å². The van der Waals surface area contributed by atoms with E-state index in [1.165, 1.54) is 0 Å². The van der Waals surface area contributed by atoms with Crippen LogP contribution in [0.5, 0.6) is 0 Å². The second kappa shape index (κ2) is 8.44. The fraction of sp³-hybridized carbons (Fsp3) is 0.917. The Hall–Kier alpha value is -0.650. The van der Waals surface area contributed by atoms with Gasteiger partial charge in [0.05, 0.1) is 0 Å². The summed E-state index contributed by atoms with van der Waals surface area (Å²) in [5.74, 6) is 0.104. The van der Waals surface area contributed by atoms with E-state index in [1.54, 1.807) is 0 Å². The third kappa shape index (κ3) is 6.61. The number of hydrogen-bond donors (Lipinski definition) is 2. The predicted octanol–water partition coefficient (Wildman–Crippen LogP) is -0.487. The zero-order valence-electron chi connectivity index (χ0n) is 10.8. The molecule has 5 nitrogen and oxygen atoms in total. The molecule has 0 saturated carbocycles. The molecule has 1 aliphatic rings. The highest BCUT2D eigenvalue weighted by molar-refractivity contribution is 5.75. The van der Waals surface area contributed by atoms with E-state index in [2.05, 4.69) is 22.2 Å². The van der Waals surface area contributed by atoms with Gasteiger partial charge in [0.1, 0.15) is 0 Å². The second-order valence-electron chi connectivity index (χ2n) is 4.68. The lowest BCUT2D eigenvalue weighted by Crippen LogP contribution is -2.46. The molecule has 2 N–H and O–H groups in total. The molecule has 17 heavy (non-hydrogen) atoms. The van der Waals surface area contributed by atoms with E-state index >= 15 is 0 Å². The average Bonchev–Trinajstić information content (AvgIpc) is 2.32. The van der Waals surface area contributed by atoms with Crippen LogP contribution in [0, 0.1) is 0 Å². The van der Waals surface area contributed by atoms with Crippen molar-refractivity contribution >= 4 is 5.91 Å². The highest BCUT2D eigenvalue weighted by atomic mass is 16.3. The van der Waals surface area contributed by atoms with Crippen LogP contribution in [0.4, 0.5) is 0 Å². The van der Waals surface area contributed by atoms with Crippen LogP contribution >= 0.6 is 0 Å². The van der Waals surface area contributed by atoms with Gasteiger partial charge in [-0.3, -0.25) is 9.69 Å². The molecule has 0 aliphatic carbocycles. The number of unbranched alkanes of at least 4 members (excludes halogenated alkanes) is 1. The van der Waals surface area contributed by atoms with Gasteiger partial charge in [-0.05, 0) is 19.9 Å². The number of hydrogen-bond acceptors (Lipinski definition) is 4. The van der Waals surface area contributed by atoms with Crippen LogP contribution in [0.3, 0.4) is 0 Å². The van der Waals surface area contributed by atoms with Crippen molar-refractivity contribution < 1.29 is 9.90 Å². The normalized spacial score (nSPS) is 18.2. The van der Waals surface area contributed by atoms with Gasteiger partial charge in [-0.25, -0.2) is 0 Å². The maximum absolute atomic E-state index is 11.4. The van der Waals surface area contributed by atoms with Crippen molar-refractivity contribution in [1.29, 1.82) is 0 Å². The van der Waals surface area contributed by atoms with Crippen molar-refractivity contribution in [2.75, 3.05) is 52.9 Å². The summed E-state index contributed by atoms with van der Waals surface area (Å²) < 4.78 is 0. The summed E-state index contributed by atoms with van der Waals surface area (Å²) in [6.45, 7) is 6.28. The Bertz CT molecular complexity index is 216. The minimum Gasteiger partial charge on any atom is -0.396 e. The van der Waals surface area contributed by atoms with Crippen LogP contribution in [-0.4, -0.2) is 73.7 Å². The zero-order chi connectivity index (χ0) is 12.5. The van der Waals surface area contributed by atoms with Crippen LogP contribution in [0.25, 0.3) is 0 Å². The summed E-state index contributed by atoms with van der Waals surface area (Å²) in [7, 11) is 2.14. The first kappa shape index (κ1) is 14.4. The number of piperazine rings is 1. The fourth-order valence-electron chi connectivity index (χ4n) is 1.91. The van der Waals surface area contributed by atoms with E-state index in [0.717, 1.165) is 45.7 Å². The van der Waals surface area contributed by atoms with Crippen LogP contribution in [-0.2, 0) is 4.79 Å². The topological polar surface area (TPSA) is 55.8 Å². The molecule has 0 bridgehead atoms. The van der Waals surface area contributed by atoms with Crippen LogP contribution < -0.4 is 5.32 Å². The molecule has 1 saturated heterocycles. The molecular formula is C12H25N3O2. The van der Waals surface area contributed by atoms with Crippen molar-refractivity contribution in [3.63, 3.8) is 0 Å². The van der Waals surface area contributed by atoms with E-state index in [0.29, 0.717) is 12.8 Å². The summed E-state index contributed by atoms with van der Waals surface area (Å²) >= 11 is 0. The highest BCUT2D eigenvalue weighted by Gasteiger charge is 2.13. The first-order valence-corrected chi connectivity index (χ1v) is 6.51. The van der Waals surface area contributed by atoms with E-state index in [9.17, 15) is 4.79 Å². The molecule has 5 heteroatoms. The first-order chi connectivity index (χ1) is 8.22. The van der Waals surface area contributed by atoms with Crippen molar-refractivity contribution in [1.82, 2.24) is 15.1 Å². The van der Waals surface area contributed by atoms with Gasteiger partial charge < -0.3 is 15.3 Å². The van der Waals surface area contributed by atoms with Gasteiger partial charge in [0.2, 0.25) is 5.91 Å². The number of nitrogens with zero attached hydrogens (tertiary/aromatic N) is 2. The maximum atomic E-state index is 11.4. The summed E-state index contributed by atoms with van der Waals surface area (Å²) in [5.41, 5.74) is 0. The van der Waals surface area contributed by atoms with Gasteiger partial charge in [-0.2, -0.15) is 0 Å². The summed E-state index contributed by atoms with van der Waals surface area (Å²) in [5, 5.41) is 11.5. The number of likely N-dealkylation sites (N-methyl/N-ethyl adjacent to an activating group) is 1. The Morgan fingerprint density at radius 1 is 1.24 bits per heavy atom. The Labute approximate surface area is 104 Å². The number of nitrogens with one attached hydrogen (secondary N) is 1. The highest BCUT2D eigenvalue weighted by Crippen LogP contribution is 1.98. The zero-order valence-corrected chi connectivity index (χ0v) is 10.8. The Morgan fingerprint density at radius 2 is 1.94 bits per heavy atom. The number of carbonyl (C=O) groups excluding carboxylic acids is 1. The second-order valence-corrected chi connectivity index (χ2v) is 4.68. The minimum absolute atomic E-state index is 0.104. The molecule has 0 spiro atoms. The lowest BCUT2D eigenvalue weighted by molar-refractivity contribution is -0.121. The van der Waals surface area contributed by atoms with E-state index in [4.69, 9.17) is 5.11 Å². The standard InChI is InChI=1S/C12H25N3O2/c1-14-7-9-15(10-8-14)6-5-13-12(17)4-2-3-11-16/h16H,2-11H2,1H3,(H,13,17). The third-order valence-corrected chi connectivity index (χ3v) is 3.16. The van der Waals surface area contributed by atoms with Crippen molar-refractivity contribution in [3.8, 4) is 0 Å². The van der Waals surface area contributed by atoms with E-state index in [-0.39, 0.29) is 12.5 Å². The molecule has 0 aromatic heterocycles. The molecule has 1 fully saturated rings. The van der Waals surface area contributed by atoms with Gasteiger partial charge in [0.25, 0.3) is 0 Å². The van der Waals surface area contributed by atoms with Crippen LogP contribution in [0.15, 0.2) is 0 Å². The minimum atomic E-state index is 0.104. The Kier molecular flexibility index (Phi) is 7.16. The van der Waals surface area contributed by atoms with Crippen molar-refractivity contribution in [2.45, 2.75) is 19.3 Å². The molecule has 1 amide bonds. The molecule has 100 valence electrons. The molecule has 0 aromatic rings. The number of aliphatic hydroxyl groups is 1. The van der Waals surface area contributed by atoms with Crippen molar-refractivity contribution in [3.05, 3.63) is 0 Å². The van der Waals surface area contributed by atoms with Crippen LogP contribution in [0.1, 0.15) is 19.3 Å². The number of aliphatic hydroxyl groups excluding tert-OH is 1. The lowest BCUT2D eigenvalue weighted by atomic mass is 10.2. The number of amides is 1. The van der Waals surface area contributed by atoms with Crippen molar-refractivity contribution in [2.24, 2.45) is 0 Å². The summed E-state index contributed by atoms with van der Waals surface area (Å²) in [6, 6.07) is 0. The quantitative estimate of drug-likeness (QED) is 0.593. The van der Waals surface area contributed by atoms with Gasteiger partial charge >= 0.3 is 0 Å². The smallest absolute Gasteiger partial charge is 0.220 e. The summed E-state index contributed by atoms with van der Waals surface area (Å²) in [4.78, 5) is 16.1. The monoisotopic (exact) mass is 243 g/mol. The van der Waals surface area contributed by atoms with E-state index < -0.39 is 0 Å². The lowest BCUT2D eigenvalue weighted by Gasteiger charge is -2.32. The molecule has 1 heterocycles. The Morgan fingerprint density at radius 3 is 2.59 bits per heavy atom. The van der Waals surface area contributed by atoms with Gasteiger partial charge in [-0.15, -0.1) is 0 Å². The molecular weight excluding hydrogens is 218 g/mol. The summed E-state index contributed by atoms with van der Waals surface area (Å²) in [6.07, 6.45) is 2.02. The largest absolute Gasteiger partial charge is 0.396 e. The molecule has 0 aromatic carbocycles. The third-order valence-electron chi connectivity index (χ3n) is 3.16. The van der Waals surface area contributed by atoms with Gasteiger partial charge in [0.15, 0.2) is 0 Å². The average molecular weight is 243 g/mol.